The van der Waals surface area contributed by atoms with Gasteiger partial charge in [-0.15, -0.1) is 0 Å². The summed E-state index contributed by atoms with van der Waals surface area (Å²) in [6.07, 6.45) is 0.561. The molecule has 0 saturated carbocycles. The second-order valence-corrected chi connectivity index (χ2v) is 9.45. The molecule has 0 aliphatic carbocycles. The molecule has 0 radical (unpaired) electrons. The first-order valence-corrected chi connectivity index (χ1v) is 11.6. The van der Waals surface area contributed by atoms with Crippen LogP contribution in [0.4, 0.5) is 0 Å². The molecular weight excluding hydrogens is 418 g/mol. The van der Waals surface area contributed by atoms with Crippen molar-refractivity contribution in [3.63, 3.8) is 0 Å². The van der Waals surface area contributed by atoms with Crippen LogP contribution in [0, 0.1) is 0 Å². The molecule has 2 aliphatic heterocycles. The third-order valence-corrected chi connectivity index (χ3v) is 7.54. The second kappa shape index (κ2) is 8.60. The average molecular weight is 442 g/mol. The summed E-state index contributed by atoms with van der Waals surface area (Å²) in [6, 6.07) is 14.9. The molecule has 0 aromatic heterocycles. The first kappa shape index (κ1) is 21.2. The minimum absolute atomic E-state index is 0.103. The third kappa shape index (κ3) is 4.11. The smallest absolute Gasteiger partial charge is 0.261 e. The molecule has 0 atom stereocenters. The predicted octanol–water partition coefficient (Wildman–Crippen LogP) is 1.60. The van der Waals surface area contributed by atoms with E-state index in [1.54, 1.807) is 59.5 Å². The highest BCUT2D eigenvalue weighted by molar-refractivity contribution is 7.89. The van der Waals surface area contributed by atoms with Gasteiger partial charge < -0.3 is 4.90 Å². The molecule has 0 bridgehead atoms. The topological polar surface area (TPSA) is 95.1 Å². The van der Waals surface area contributed by atoms with E-state index in [-0.39, 0.29) is 48.7 Å². The Bertz CT molecular complexity index is 1070. The van der Waals surface area contributed by atoms with Crippen molar-refractivity contribution < 1.29 is 22.8 Å². The van der Waals surface area contributed by atoms with E-state index in [1.807, 2.05) is 0 Å². The zero-order valence-electron chi connectivity index (χ0n) is 16.9. The number of hydrogen-bond donors (Lipinski definition) is 0. The molecule has 2 aromatic rings. The van der Waals surface area contributed by atoms with Gasteiger partial charge in [-0.2, -0.15) is 4.31 Å². The number of piperazine rings is 1. The van der Waals surface area contributed by atoms with Crippen LogP contribution in [-0.4, -0.2) is 73.0 Å². The SMILES string of the molecule is O=C(CCCN1C(=O)c2ccccc2C1=O)N1CCN(S(=O)(=O)c2ccccc2)CC1. The van der Waals surface area contributed by atoms with E-state index in [1.165, 1.54) is 9.21 Å². The summed E-state index contributed by atoms with van der Waals surface area (Å²) in [5.74, 6) is -0.756. The lowest BCUT2D eigenvalue weighted by Crippen LogP contribution is -2.50. The molecule has 4 rings (SSSR count). The summed E-state index contributed by atoms with van der Waals surface area (Å²) in [5, 5.41) is 0. The molecule has 0 unspecified atom stereocenters. The number of sulfonamides is 1. The second-order valence-electron chi connectivity index (χ2n) is 7.51. The lowest BCUT2D eigenvalue weighted by atomic mass is 10.1. The molecule has 3 amide bonds. The average Bonchev–Trinajstić information content (AvgIpc) is 3.04. The summed E-state index contributed by atoms with van der Waals surface area (Å²) in [7, 11) is -3.56. The van der Waals surface area contributed by atoms with Crippen LogP contribution in [0.15, 0.2) is 59.5 Å². The number of carbonyl (C=O) groups excluding carboxylic acids is 3. The zero-order chi connectivity index (χ0) is 22.0. The Morgan fingerprint density at radius 3 is 1.94 bits per heavy atom. The van der Waals surface area contributed by atoms with Crippen molar-refractivity contribution in [3.8, 4) is 0 Å². The lowest BCUT2D eigenvalue weighted by Gasteiger charge is -2.34. The first-order valence-electron chi connectivity index (χ1n) is 10.2. The number of fused-ring (bicyclic) bond motifs is 1. The number of nitrogens with zero attached hydrogens (tertiary/aromatic N) is 3. The minimum Gasteiger partial charge on any atom is -0.340 e. The van der Waals surface area contributed by atoms with Crippen LogP contribution in [-0.2, 0) is 14.8 Å². The number of hydrogen-bond acceptors (Lipinski definition) is 5. The Balaban J connectivity index is 1.27. The quantitative estimate of drug-likeness (QED) is 0.635. The van der Waals surface area contributed by atoms with Gasteiger partial charge in [0.15, 0.2) is 0 Å². The van der Waals surface area contributed by atoms with Crippen molar-refractivity contribution in [2.24, 2.45) is 0 Å². The van der Waals surface area contributed by atoms with Crippen LogP contribution >= 0.6 is 0 Å². The molecule has 1 saturated heterocycles. The Kier molecular flexibility index (Phi) is 5.88. The van der Waals surface area contributed by atoms with Crippen LogP contribution in [0.3, 0.4) is 0 Å². The maximum absolute atomic E-state index is 12.7. The van der Waals surface area contributed by atoms with Crippen molar-refractivity contribution in [3.05, 3.63) is 65.7 Å². The van der Waals surface area contributed by atoms with Crippen molar-refractivity contribution in [2.75, 3.05) is 32.7 Å². The van der Waals surface area contributed by atoms with E-state index in [4.69, 9.17) is 0 Å². The maximum atomic E-state index is 12.7. The molecular formula is C22H23N3O5S. The normalized spacial score (nSPS) is 17.2. The van der Waals surface area contributed by atoms with Crippen LogP contribution in [0.1, 0.15) is 33.6 Å². The molecule has 1 fully saturated rings. The molecule has 2 heterocycles. The Hall–Kier alpha value is -3.04. The molecule has 0 N–H and O–H groups in total. The van der Waals surface area contributed by atoms with E-state index < -0.39 is 10.0 Å². The van der Waals surface area contributed by atoms with Gasteiger partial charge in [-0.05, 0) is 30.7 Å². The molecule has 8 nitrogen and oxygen atoms in total. The minimum atomic E-state index is -3.56. The largest absolute Gasteiger partial charge is 0.340 e. The molecule has 162 valence electrons. The van der Waals surface area contributed by atoms with E-state index in [0.29, 0.717) is 30.6 Å². The van der Waals surface area contributed by atoms with E-state index >= 15 is 0 Å². The lowest BCUT2D eigenvalue weighted by molar-refractivity contribution is -0.132. The van der Waals surface area contributed by atoms with Crippen LogP contribution < -0.4 is 0 Å². The van der Waals surface area contributed by atoms with Crippen molar-refractivity contribution in [1.29, 1.82) is 0 Å². The van der Waals surface area contributed by atoms with Crippen molar-refractivity contribution in [1.82, 2.24) is 14.1 Å². The van der Waals surface area contributed by atoms with Gasteiger partial charge in [-0.1, -0.05) is 30.3 Å². The number of amides is 3. The number of rotatable bonds is 6. The summed E-state index contributed by atoms with van der Waals surface area (Å²) >= 11 is 0. The third-order valence-electron chi connectivity index (χ3n) is 5.62. The Labute approximate surface area is 181 Å². The van der Waals surface area contributed by atoms with E-state index in [0.717, 1.165) is 0 Å². The highest BCUT2D eigenvalue weighted by Crippen LogP contribution is 2.23. The maximum Gasteiger partial charge on any atom is 0.261 e. The Morgan fingerprint density at radius 1 is 0.806 bits per heavy atom. The van der Waals surface area contributed by atoms with Gasteiger partial charge in [-0.3, -0.25) is 19.3 Å². The van der Waals surface area contributed by atoms with E-state index in [2.05, 4.69) is 0 Å². The van der Waals surface area contributed by atoms with Gasteiger partial charge in [0.05, 0.1) is 16.0 Å². The fraction of sp³-hybridized carbons (Fsp3) is 0.318. The highest BCUT2D eigenvalue weighted by atomic mass is 32.2. The molecule has 9 heteroatoms. The standard InChI is InChI=1S/C22H23N3O5S/c26-20(11-6-12-25-21(27)18-9-4-5-10-19(18)22(25)28)23-13-15-24(16-14-23)31(29,30)17-7-2-1-3-8-17/h1-5,7-10H,6,11-16H2. The fourth-order valence-corrected chi connectivity index (χ4v) is 5.35. The number of benzene rings is 2. The molecule has 2 aromatic carbocycles. The summed E-state index contributed by atoms with van der Waals surface area (Å²) < 4.78 is 26.8. The summed E-state index contributed by atoms with van der Waals surface area (Å²) in [6.45, 7) is 1.29. The monoisotopic (exact) mass is 441 g/mol. The summed E-state index contributed by atoms with van der Waals surface area (Å²) in [5.41, 5.74) is 0.796. The van der Waals surface area contributed by atoms with Crippen LogP contribution in [0.5, 0.6) is 0 Å². The van der Waals surface area contributed by atoms with Crippen LogP contribution in [0.2, 0.25) is 0 Å². The number of carbonyl (C=O) groups is 3. The molecule has 0 spiro atoms. The fourth-order valence-electron chi connectivity index (χ4n) is 3.91. The number of imide groups is 1. The predicted molar refractivity (Wildman–Crippen MR) is 113 cm³/mol. The van der Waals surface area contributed by atoms with Gasteiger partial charge in [0.2, 0.25) is 15.9 Å². The first-order chi connectivity index (χ1) is 14.9. The Morgan fingerprint density at radius 2 is 1.35 bits per heavy atom. The van der Waals surface area contributed by atoms with Gasteiger partial charge in [0, 0.05) is 39.1 Å². The molecule has 31 heavy (non-hydrogen) atoms. The van der Waals surface area contributed by atoms with Gasteiger partial charge in [0.25, 0.3) is 11.8 Å². The van der Waals surface area contributed by atoms with Gasteiger partial charge >= 0.3 is 0 Å². The van der Waals surface area contributed by atoms with E-state index in [9.17, 15) is 22.8 Å². The molecule has 2 aliphatic rings. The highest BCUT2D eigenvalue weighted by Gasteiger charge is 2.35. The summed E-state index contributed by atoms with van der Waals surface area (Å²) in [4.78, 5) is 40.4. The van der Waals surface area contributed by atoms with Gasteiger partial charge in [0.1, 0.15) is 0 Å². The zero-order valence-corrected chi connectivity index (χ0v) is 17.8. The van der Waals surface area contributed by atoms with Gasteiger partial charge in [-0.25, -0.2) is 8.42 Å². The van der Waals surface area contributed by atoms with Crippen molar-refractivity contribution in [2.45, 2.75) is 17.7 Å². The van der Waals surface area contributed by atoms with Crippen LogP contribution in [0.25, 0.3) is 0 Å². The van der Waals surface area contributed by atoms with Crippen molar-refractivity contribution >= 4 is 27.7 Å².